The first-order valence-electron chi connectivity index (χ1n) is 6.93. The Morgan fingerprint density at radius 2 is 1.96 bits per heavy atom. The number of aromatic nitrogens is 4. The lowest BCUT2D eigenvalue weighted by atomic mass is 10.2. The summed E-state index contributed by atoms with van der Waals surface area (Å²) in [6.07, 6.45) is 3.65. The van der Waals surface area contributed by atoms with Crippen LogP contribution in [0.1, 0.15) is 16.1 Å². The van der Waals surface area contributed by atoms with Crippen molar-refractivity contribution in [2.45, 2.75) is 6.42 Å². The molecule has 1 aromatic carbocycles. The number of nitrogens with zero attached hydrogens (tertiary/aromatic N) is 4. The summed E-state index contributed by atoms with van der Waals surface area (Å²) in [5.74, 6) is -0.635. The van der Waals surface area contributed by atoms with Gasteiger partial charge in [0.25, 0.3) is 0 Å². The van der Waals surface area contributed by atoms with Crippen molar-refractivity contribution in [1.82, 2.24) is 19.9 Å². The lowest BCUT2D eigenvalue weighted by molar-refractivity contribution is 0.0697. The van der Waals surface area contributed by atoms with E-state index in [1.807, 2.05) is 0 Å². The third-order valence-corrected chi connectivity index (χ3v) is 3.26. The number of hydrogen-bond donors (Lipinski definition) is 3. The average Bonchev–Trinajstić information content (AvgIpc) is 2.56. The van der Waals surface area contributed by atoms with Gasteiger partial charge in [0.1, 0.15) is 6.33 Å². The molecule has 0 saturated heterocycles. The molecular formula is C15H14N6O2. The molecule has 116 valence electrons. The molecule has 0 aliphatic rings. The lowest BCUT2D eigenvalue weighted by Gasteiger charge is -2.07. The fraction of sp³-hybridized carbons (Fsp3) is 0.133. The zero-order valence-corrected chi connectivity index (χ0v) is 12.1. The zero-order valence-electron chi connectivity index (χ0n) is 12.1. The number of nitrogens with one attached hydrogen (secondary N) is 1. The quantitative estimate of drug-likeness (QED) is 0.644. The minimum Gasteiger partial charge on any atom is -0.478 e. The molecule has 0 amide bonds. The first-order valence-corrected chi connectivity index (χ1v) is 6.93. The number of carboxylic acids is 1. The Morgan fingerprint density at radius 3 is 2.70 bits per heavy atom. The molecule has 0 unspecified atom stereocenters. The van der Waals surface area contributed by atoms with Gasteiger partial charge in [-0.05, 0) is 24.3 Å². The van der Waals surface area contributed by atoms with Crippen LogP contribution >= 0.6 is 0 Å². The Labute approximate surface area is 131 Å². The summed E-state index contributed by atoms with van der Waals surface area (Å²) in [7, 11) is 0. The van der Waals surface area contributed by atoms with Gasteiger partial charge in [0.2, 0.25) is 0 Å². The number of nitrogens with two attached hydrogens (primary N) is 1. The van der Waals surface area contributed by atoms with Crippen LogP contribution in [0.2, 0.25) is 0 Å². The van der Waals surface area contributed by atoms with Gasteiger partial charge in [-0.2, -0.15) is 0 Å². The van der Waals surface area contributed by atoms with Crippen molar-refractivity contribution in [3.05, 3.63) is 48.0 Å². The van der Waals surface area contributed by atoms with E-state index in [0.717, 1.165) is 11.4 Å². The number of hydrogen-bond acceptors (Lipinski definition) is 7. The van der Waals surface area contributed by atoms with Crippen LogP contribution in [0, 0.1) is 0 Å². The molecule has 8 heteroatoms. The molecule has 0 aliphatic heterocycles. The van der Waals surface area contributed by atoms with Crippen molar-refractivity contribution in [3.63, 3.8) is 0 Å². The number of aromatic carboxylic acids is 1. The van der Waals surface area contributed by atoms with Gasteiger partial charge in [-0.3, -0.25) is 0 Å². The third kappa shape index (κ3) is 3.31. The maximum Gasteiger partial charge on any atom is 0.335 e. The summed E-state index contributed by atoms with van der Waals surface area (Å²) in [5.41, 5.74) is 8.60. The highest BCUT2D eigenvalue weighted by molar-refractivity contribution is 5.88. The van der Waals surface area contributed by atoms with Gasteiger partial charge in [-0.25, -0.2) is 24.7 Å². The molecule has 3 rings (SSSR count). The molecule has 23 heavy (non-hydrogen) atoms. The van der Waals surface area contributed by atoms with Gasteiger partial charge >= 0.3 is 5.97 Å². The number of carboxylic acid groups (broad SMARTS) is 1. The third-order valence-electron chi connectivity index (χ3n) is 3.26. The Hall–Kier alpha value is -3.29. The maximum absolute atomic E-state index is 10.8. The van der Waals surface area contributed by atoms with Gasteiger partial charge in [0, 0.05) is 18.7 Å². The number of carbonyl (C=O) groups is 1. The molecule has 0 aliphatic carbocycles. The lowest BCUT2D eigenvalue weighted by Crippen LogP contribution is -2.08. The summed E-state index contributed by atoms with van der Waals surface area (Å²) in [4.78, 5) is 27.3. The van der Waals surface area contributed by atoms with Gasteiger partial charge in [-0.15, -0.1) is 0 Å². The number of anilines is 2. The molecule has 3 aromatic rings. The fourth-order valence-corrected chi connectivity index (χ4v) is 2.08. The summed E-state index contributed by atoms with van der Waals surface area (Å²) in [6, 6.07) is 6.56. The molecular weight excluding hydrogens is 296 g/mol. The number of rotatable bonds is 5. The van der Waals surface area contributed by atoms with E-state index < -0.39 is 5.97 Å². The standard InChI is InChI=1S/C15H14N6O2/c16-13-12-14(20-8-19-13)18-7-11(21-12)5-6-17-10-3-1-9(2-4-10)15(22)23/h1-4,7-8,17H,5-6H2,(H,22,23)(H2,16,18,19,20). The molecule has 8 nitrogen and oxygen atoms in total. The monoisotopic (exact) mass is 310 g/mol. The van der Waals surface area contributed by atoms with E-state index in [0.29, 0.717) is 29.9 Å². The average molecular weight is 310 g/mol. The number of fused-ring (bicyclic) bond motifs is 1. The van der Waals surface area contributed by atoms with Gasteiger partial charge in [0.15, 0.2) is 17.0 Å². The topological polar surface area (TPSA) is 127 Å². The normalized spacial score (nSPS) is 10.6. The summed E-state index contributed by atoms with van der Waals surface area (Å²) < 4.78 is 0. The number of benzene rings is 1. The van der Waals surface area contributed by atoms with Crippen LogP contribution in [0.4, 0.5) is 11.5 Å². The second kappa shape index (κ2) is 6.22. The molecule has 4 N–H and O–H groups in total. The van der Waals surface area contributed by atoms with Crippen molar-refractivity contribution >= 4 is 28.6 Å². The van der Waals surface area contributed by atoms with Crippen molar-refractivity contribution < 1.29 is 9.90 Å². The maximum atomic E-state index is 10.8. The van der Waals surface area contributed by atoms with Crippen molar-refractivity contribution in [2.24, 2.45) is 0 Å². The van der Waals surface area contributed by atoms with E-state index in [1.54, 1.807) is 30.5 Å². The Kier molecular flexibility index (Phi) is 3.96. The van der Waals surface area contributed by atoms with Crippen LogP contribution in [0.5, 0.6) is 0 Å². The first kappa shape index (κ1) is 14.6. The van der Waals surface area contributed by atoms with Crippen molar-refractivity contribution in [1.29, 1.82) is 0 Å². The minimum absolute atomic E-state index is 0.256. The summed E-state index contributed by atoms with van der Waals surface area (Å²) in [6.45, 7) is 0.625. The second-order valence-corrected chi connectivity index (χ2v) is 4.85. The summed E-state index contributed by atoms with van der Waals surface area (Å²) in [5, 5.41) is 12.1. The molecule has 0 bridgehead atoms. The van der Waals surface area contributed by atoms with Gasteiger partial charge in [-0.1, -0.05) is 0 Å². The van der Waals surface area contributed by atoms with Crippen molar-refractivity contribution in [2.75, 3.05) is 17.6 Å². The second-order valence-electron chi connectivity index (χ2n) is 4.85. The number of nitrogen functional groups attached to an aromatic ring is 1. The minimum atomic E-state index is -0.942. The Bertz CT molecular complexity index is 850. The molecule has 2 aromatic heterocycles. The van der Waals surface area contributed by atoms with Crippen LogP contribution in [-0.2, 0) is 6.42 Å². The SMILES string of the molecule is Nc1ncnc2ncc(CCNc3ccc(C(=O)O)cc3)nc12. The van der Waals surface area contributed by atoms with Gasteiger partial charge in [0.05, 0.1) is 17.5 Å². The highest BCUT2D eigenvalue weighted by Gasteiger charge is 2.05. The molecule has 0 radical (unpaired) electrons. The fourth-order valence-electron chi connectivity index (χ4n) is 2.08. The van der Waals surface area contributed by atoms with E-state index in [2.05, 4.69) is 25.3 Å². The van der Waals surface area contributed by atoms with Crippen LogP contribution in [0.25, 0.3) is 11.2 Å². The van der Waals surface area contributed by atoms with E-state index in [1.165, 1.54) is 6.33 Å². The van der Waals surface area contributed by atoms with Crippen molar-refractivity contribution in [3.8, 4) is 0 Å². The molecule has 0 saturated carbocycles. The molecule has 0 fully saturated rings. The molecule has 2 heterocycles. The van der Waals surface area contributed by atoms with Crippen LogP contribution in [-0.4, -0.2) is 37.6 Å². The van der Waals surface area contributed by atoms with E-state index in [4.69, 9.17) is 10.8 Å². The highest BCUT2D eigenvalue weighted by atomic mass is 16.4. The van der Waals surface area contributed by atoms with Crippen LogP contribution in [0.15, 0.2) is 36.8 Å². The molecule has 0 spiro atoms. The highest BCUT2D eigenvalue weighted by Crippen LogP contribution is 2.13. The largest absolute Gasteiger partial charge is 0.478 e. The predicted octanol–water partition coefficient (Wildman–Crippen LogP) is 1.35. The molecule has 0 atom stereocenters. The Morgan fingerprint density at radius 1 is 1.17 bits per heavy atom. The predicted molar refractivity (Wildman–Crippen MR) is 85.1 cm³/mol. The van der Waals surface area contributed by atoms with Crippen LogP contribution < -0.4 is 11.1 Å². The Balaban J connectivity index is 1.64. The van der Waals surface area contributed by atoms with E-state index >= 15 is 0 Å². The smallest absolute Gasteiger partial charge is 0.335 e. The summed E-state index contributed by atoms with van der Waals surface area (Å²) >= 11 is 0. The van der Waals surface area contributed by atoms with E-state index in [-0.39, 0.29) is 5.56 Å². The van der Waals surface area contributed by atoms with Gasteiger partial charge < -0.3 is 16.2 Å². The zero-order chi connectivity index (χ0) is 16.2. The van der Waals surface area contributed by atoms with E-state index in [9.17, 15) is 4.79 Å². The first-order chi connectivity index (χ1) is 11.1. The van der Waals surface area contributed by atoms with Crippen LogP contribution in [0.3, 0.4) is 0 Å².